The third kappa shape index (κ3) is 5.59. The lowest BCUT2D eigenvalue weighted by Gasteiger charge is -2.38. The predicted octanol–water partition coefficient (Wildman–Crippen LogP) is 0.524. The zero-order valence-corrected chi connectivity index (χ0v) is 16.2. The number of carbonyl (C=O) groups excluding carboxylic acids is 3. The van der Waals surface area contributed by atoms with Crippen molar-refractivity contribution in [1.29, 1.82) is 0 Å². The molecule has 1 N–H and O–H groups in total. The molecule has 1 atom stereocenters. The van der Waals surface area contributed by atoms with E-state index >= 15 is 0 Å². The Balaban J connectivity index is 1.86. The van der Waals surface area contributed by atoms with Crippen molar-refractivity contribution < 1.29 is 19.1 Å². The molecule has 0 bridgehead atoms. The Kier molecular flexibility index (Phi) is 7.68. The van der Waals surface area contributed by atoms with Gasteiger partial charge in [0.2, 0.25) is 11.8 Å². The number of nitrogens with one attached hydrogen (secondary N) is 1. The van der Waals surface area contributed by atoms with Crippen molar-refractivity contribution in [3.8, 4) is 0 Å². The topological polar surface area (TPSA) is 82.2 Å². The summed E-state index contributed by atoms with van der Waals surface area (Å²) in [6.45, 7) is 10.6. The van der Waals surface area contributed by atoms with Gasteiger partial charge >= 0.3 is 6.09 Å². The zero-order chi connectivity index (χ0) is 19.1. The molecule has 26 heavy (non-hydrogen) atoms. The quantitative estimate of drug-likeness (QED) is 0.739. The SMILES string of the molecule is CCOC(=O)N1CCN(C(=O)C[C@@H]2C(=O)NCCN2CCC(C)C)CC1. The third-order valence-electron chi connectivity index (χ3n) is 4.96. The molecule has 0 aromatic carbocycles. The summed E-state index contributed by atoms with van der Waals surface area (Å²) < 4.78 is 5.00. The van der Waals surface area contributed by atoms with Gasteiger partial charge in [0.15, 0.2) is 0 Å². The van der Waals surface area contributed by atoms with E-state index in [1.165, 1.54) is 0 Å². The normalized spacial score (nSPS) is 21.7. The minimum atomic E-state index is -0.391. The van der Waals surface area contributed by atoms with Crippen molar-refractivity contribution >= 4 is 17.9 Å². The van der Waals surface area contributed by atoms with Crippen LogP contribution in [-0.4, -0.2) is 91.1 Å². The first-order chi connectivity index (χ1) is 12.4. The van der Waals surface area contributed by atoms with E-state index < -0.39 is 6.04 Å². The van der Waals surface area contributed by atoms with Gasteiger partial charge in [-0.05, 0) is 25.8 Å². The van der Waals surface area contributed by atoms with Crippen molar-refractivity contribution in [2.75, 3.05) is 52.4 Å². The van der Waals surface area contributed by atoms with Crippen LogP contribution in [0.3, 0.4) is 0 Å². The van der Waals surface area contributed by atoms with Crippen molar-refractivity contribution in [1.82, 2.24) is 20.0 Å². The van der Waals surface area contributed by atoms with Gasteiger partial charge in [-0.25, -0.2) is 4.79 Å². The van der Waals surface area contributed by atoms with Gasteiger partial charge in [-0.1, -0.05) is 13.8 Å². The van der Waals surface area contributed by atoms with E-state index in [1.807, 2.05) is 0 Å². The number of hydrogen-bond donors (Lipinski definition) is 1. The molecule has 2 rings (SSSR count). The fraction of sp³-hybridized carbons (Fsp3) is 0.833. The summed E-state index contributed by atoms with van der Waals surface area (Å²) in [5.41, 5.74) is 0. The maximum absolute atomic E-state index is 12.7. The molecule has 0 aliphatic carbocycles. The monoisotopic (exact) mass is 368 g/mol. The molecule has 0 aromatic rings. The van der Waals surface area contributed by atoms with E-state index in [0.29, 0.717) is 45.2 Å². The van der Waals surface area contributed by atoms with Crippen LogP contribution in [0.2, 0.25) is 0 Å². The fourth-order valence-electron chi connectivity index (χ4n) is 3.32. The van der Waals surface area contributed by atoms with Gasteiger partial charge in [0.1, 0.15) is 0 Å². The smallest absolute Gasteiger partial charge is 0.409 e. The molecule has 8 heteroatoms. The molecule has 0 radical (unpaired) electrons. The summed E-state index contributed by atoms with van der Waals surface area (Å²) >= 11 is 0. The standard InChI is InChI=1S/C18H32N4O4/c1-4-26-18(25)22-11-9-21(10-12-22)16(23)13-15-17(24)19-6-8-20(15)7-5-14(2)3/h14-15H,4-13H2,1-3H3,(H,19,24)/t15-/m1/s1. The van der Waals surface area contributed by atoms with Crippen LogP contribution in [0.1, 0.15) is 33.6 Å². The number of piperazine rings is 2. The van der Waals surface area contributed by atoms with Gasteiger partial charge in [0, 0.05) is 39.3 Å². The first-order valence-corrected chi connectivity index (χ1v) is 9.63. The molecular formula is C18H32N4O4. The molecule has 3 amide bonds. The van der Waals surface area contributed by atoms with Crippen LogP contribution >= 0.6 is 0 Å². The zero-order valence-electron chi connectivity index (χ0n) is 16.2. The highest BCUT2D eigenvalue weighted by Gasteiger charge is 2.34. The van der Waals surface area contributed by atoms with Crippen molar-refractivity contribution in [3.63, 3.8) is 0 Å². The molecule has 2 aliphatic rings. The fourth-order valence-corrected chi connectivity index (χ4v) is 3.32. The predicted molar refractivity (Wildman–Crippen MR) is 97.6 cm³/mol. The van der Waals surface area contributed by atoms with Crippen LogP contribution in [0.25, 0.3) is 0 Å². The Hall–Kier alpha value is -1.83. The molecule has 0 unspecified atom stereocenters. The lowest BCUT2D eigenvalue weighted by atomic mass is 10.0. The number of hydrogen-bond acceptors (Lipinski definition) is 5. The number of rotatable bonds is 6. The molecule has 0 aromatic heterocycles. The molecule has 148 valence electrons. The molecule has 0 saturated carbocycles. The molecule has 2 heterocycles. The first kappa shape index (κ1) is 20.5. The van der Waals surface area contributed by atoms with Crippen LogP contribution in [0.5, 0.6) is 0 Å². The number of nitrogens with zero attached hydrogens (tertiary/aromatic N) is 3. The van der Waals surface area contributed by atoms with Crippen molar-refractivity contribution in [2.45, 2.75) is 39.7 Å². The Bertz CT molecular complexity index is 503. The third-order valence-corrected chi connectivity index (χ3v) is 4.96. The molecule has 0 spiro atoms. The van der Waals surface area contributed by atoms with E-state index in [4.69, 9.17) is 4.74 Å². The van der Waals surface area contributed by atoms with Crippen LogP contribution in [0, 0.1) is 5.92 Å². The van der Waals surface area contributed by atoms with E-state index in [0.717, 1.165) is 19.5 Å². The van der Waals surface area contributed by atoms with Crippen LogP contribution < -0.4 is 5.32 Å². The minimum Gasteiger partial charge on any atom is -0.450 e. The lowest BCUT2D eigenvalue weighted by Crippen LogP contribution is -2.58. The van der Waals surface area contributed by atoms with Gasteiger partial charge in [-0.3, -0.25) is 14.5 Å². The molecular weight excluding hydrogens is 336 g/mol. The largest absolute Gasteiger partial charge is 0.450 e. The highest BCUT2D eigenvalue weighted by Crippen LogP contribution is 2.14. The average Bonchev–Trinajstić information content (AvgIpc) is 2.62. The van der Waals surface area contributed by atoms with Crippen LogP contribution in [0.15, 0.2) is 0 Å². The van der Waals surface area contributed by atoms with E-state index in [1.54, 1.807) is 16.7 Å². The summed E-state index contributed by atoms with van der Waals surface area (Å²) in [7, 11) is 0. The number of carbonyl (C=O) groups is 3. The summed E-state index contributed by atoms with van der Waals surface area (Å²) in [6.07, 6.45) is 0.880. The Morgan fingerprint density at radius 3 is 2.42 bits per heavy atom. The molecule has 2 saturated heterocycles. The Morgan fingerprint density at radius 2 is 1.81 bits per heavy atom. The Labute approximate surface area is 155 Å². The summed E-state index contributed by atoms with van der Waals surface area (Å²) in [6, 6.07) is -0.391. The maximum Gasteiger partial charge on any atom is 0.409 e. The van der Waals surface area contributed by atoms with Crippen molar-refractivity contribution in [3.05, 3.63) is 0 Å². The minimum absolute atomic E-state index is 0.0231. The molecule has 2 aliphatic heterocycles. The van der Waals surface area contributed by atoms with Gasteiger partial charge < -0.3 is 19.9 Å². The highest BCUT2D eigenvalue weighted by atomic mass is 16.6. The van der Waals surface area contributed by atoms with Crippen LogP contribution in [-0.2, 0) is 14.3 Å². The summed E-state index contributed by atoms with van der Waals surface area (Å²) in [4.78, 5) is 42.2. The second kappa shape index (κ2) is 9.75. The van der Waals surface area contributed by atoms with Gasteiger partial charge in [0.05, 0.1) is 19.1 Å². The first-order valence-electron chi connectivity index (χ1n) is 9.63. The highest BCUT2D eigenvalue weighted by molar-refractivity contribution is 5.89. The average molecular weight is 368 g/mol. The van der Waals surface area contributed by atoms with Gasteiger partial charge in [0.25, 0.3) is 0 Å². The Morgan fingerprint density at radius 1 is 1.15 bits per heavy atom. The lowest BCUT2D eigenvalue weighted by molar-refractivity contribution is -0.139. The maximum atomic E-state index is 12.7. The molecule has 2 fully saturated rings. The van der Waals surface area contributed by atoms with E-state index in [2.05, 4.69) is 24.1 Å². The van der Waals surface area contributed by atoms with Crippen molar-refractivity contribution in [2.24, 2.45) is 5.92 Å². The number of amides is 3. The van der Waals surface area contributed by atoms with E-state index in [-0.39, 0.29) is 24.3 Å². The second-order valence-corrected chi connectivity index (χ2v) is 7.30. The van der Waals surface area contributed by atoms with Crippen LogP contribution in [0.4, 0.5) is 4.79 Å². The van der Waals surface area contributed by atoms with E-state index in [9.17, 15) is 14.4 Å². The number of ether oxygens (including phenoxy) is 1. The second-order valence-electron chi connectivity index (χ2n) is 7.30. The summed E-state index contributed by atoms with van der Waals surface area (Å²) in [5, 5.41) is 2.87. The summed E-state index contributed by atoms with van der Waals surface area (Å²) in [5.74, 6) is 0.482. The molecule has 8 nitrogen and oxygen atoms in total. The van der Waals surface area contributed by atoms with Gasteiger partial charge in [-0.15, -0.1) is 0 Å². The van der Waals surface area contributed by atoms with Gasteiger partial charge in [-0.2, -0.15) is 0 Å².